The van der Waals surface area contributed by atoms with E-state index in [1.54, 1.807) is 12.3 Å². The summed E-state index contributed by atoms with van der Waals surface area (Å²) in [6, 6.07) is 11.8. The SMILES string of the molecule is OC(OCCc1ccccc1)c1cnc(N2CCNCC2)c(Cl)c1. The molecule has 0 radical (unpaired) electrons. The molecule has 128 valence electrons. The number of ether oxygens (including phenoxy) is 1. The summed E-state index contributed by atoms with van der Waals surface area (Å²) >= 11 is 6.35. The third kappa shape index (κ3) is 4.45. The van der Waals surface area contributed by atoms with E-state index in [1.165, 1.54) is 5.56 Å². The number of aliphatic hydroxyl groups excluding tert-OH is 1. The van der Waals surface area contributed by atoms with Gasteiger partial charge in [0, 0.05) is 37.9 Å². The van der Waals surface area contributed by atoms with Crippen molar-refractivity contribution in [2.75, 3.05) is 37.7 Å². The lowest BCUT2D eigenvalue weighted by Gasteiger charge is -2.29. The van der Waals surface area contributed by atoms with Gasteiger partial charge in [0.15, 0.2) is 6.29 Å². The smallest absolute Gasteiger partial charge is 0.182 e. The van der Waals surface area contributed by atoms with Crippen LogP contribution >= 0.6 is 11.6 Å². The Balaban J connectivity index is 1.56. The van der Waals surface area contributed by atoms with Crippen molar-refractivity contribution in [1.29, 1.82) is 0 Å². The van der Waals surface area contributed by atoms with Crippen molar-refractivity contribution in [1.82, 2.24) is 10.3 Å². The molecule has 1 saturated heterocycles. The molecule has 3 rings (SSSR count). The van der Waals surface area contributed by atoms with Gasteiger partial charge in [0.2, 0.25) is 0 Å². The van der Waals surface area contributed by atoms with E-state index in [0.29, 0.717) is 17.2 Å². The van der Waals surface area contributed by atoms with Crippen LogP contribution < -0.4 is 10.2 Å². The van der Waals surface area contributed by atoms with Gasteiger partial charge in [-0.2, -0.15) is 0 Å². The van der Waals surface area contributed by atoms with Crippen molar-refractivity contribution in [3.05, 3.63) is 58.7 Å². The molecule has 1 aromatic carbocycles. The van der Waals surface area contributed by atoms with Crippen molar-refractivity contribution in [2.24, 2.45) is 0 Å². The third-order valence-corrected chi connectivity index (χ3v) is 4.33. The van der Waals surface area contributed by atoms with Gasteiger partial charge in [-0.3, -0.25) is 0 Å². The molecule has 1 unspecified atom stereocenters. The number of aromatic nitrogens is 1. The minimum Gasteiger partial charge on any atom is -0.364 e. The van der Waals surface area contributed by atoms with Crippen molar-refractivity contribution in [3.8, 4) is 0 Å². The van der Waals surface area contributed by atoms with Crippen LogP contribution in [0.15, 0.2) is 42.6 Å². The first kappa shape index (κ1) is 17.2. The topological polar surface area (TPSA) is 57.6 Å². The molecule has 1 fully saturated rings. The van der Waals surface area contributed by atoms with Crippen LogP contribution in [0.5, 0.6) is 0 Å². The number of hydrogen-bond acceptors (Lipinski definition) is 5. The molecule has 1 aliphatic rings. The standard InChI is InChI=1S/C18H22ClN3O2/c19-16-12-15(13-21-17(16)22-9-7-20-8-10-22)18(23)24-11-6-14-4-2-1-3-5-14/h1-5,12-13,18,20,23H,6-11H2. The van der Waals surface area contributed by atoms with E-state index in [-0.39, 0.29) is 0 Å². The fraction of sp³-hybridized carbons (Fsp3) is 0.389. The lowest BCUT2D eigenvalue weighted by molar-refractivity contribution is -0.102. The van der Waals surface area contributed by atoms with Gasteiger partial charge >= 0.3 is 0 Å². The van der Waals surface area contributed by atoms with E-state index < -0.39 is 6.29 Å². The molecule has 24 heavy (non-hydrogen) atoms. The summed E-state index contributed by atoms with van der Waals surface area (Å²) in [6.45, 7) is 4.03. The second-order valence-corrected chi connectivity index (χ2v) is 6.18. The predicted molar refractivity (Wildman–Crippen MR) is 95.4 cm³/mol. The van der Waals surface area contributed by atoms with Crippen molar-refractivity contribution >= 4 is 17.4 Å². The Kier molecular flexibility index (Phi) is 6.04. The number of anilines is 1. The zero-order valence-corrected chi connectivity index (χ0v) is 14.2. The van der Waals surface area contributed by atoms with E-state index in [9.17, 15) is 5.11 Å². The van der Waals surface area contributed by atoms with E-state index in [4.69, 9.17) is 16.3 Å². The van der Waals surface area contributed by atoms with Gasteiger partial charge in [-0.05, 0) is 18.1 Å². The van der Waals surface area contributed by atoms with Gasteiger partial charge in [-0.15, -0.1) is 0 Å². The molecule has 2 N–H and O–H groups in total. The molecule has 0 spiro atoms. The number of halogens is 1. The molecule has 2 aromatic rings. The molecule has 5 nitrogen and oxygen atoms in total. The average Bonchev–Trinajstić information content (AvgIpc) is 2.63. The van der Waals surface area contributed by atoms with Crippen LogP contribution in [0.3, 0.4) is 0 Å². The van der Waals surface area contributed by atoms with Crippen LogP contribution in [0, 0.1) is 0 Å². The Hall–Kier alpha value is -1.66. The highest BCUT2D eigenvalue weighted by Crippen LogP contribution is 2.27. The second-order valence-electron chi connectivity index (χ2n) is 5.77. The van der Waals surface area contributed by atoms with Crippen LogP contribution in [-0.2, 0) is 11.2 Å². The number of aliphatic hydroxyl groups is 1. The highest BCUT2D eigenvalue weighted by molar-refractivity contribution is 6.33. The summed E-state index contributed by atoms with van der Waals surface area (Å²) in [7, 11) is 0. The maximum absolute atomic E-state index is 10.2. The van der Waals surface area contributed by atoms with E-state index in [0.717, 1.165) is 38.4 Å². The van der Waals surface area contributed by atoms with Crippen LogP contribution in [0.1, 0.15) is 17.4 Å². The molecule has 1 atom stereocenters. The maximum Gasteiger partial charge on any atom is 0.182 e. The first-order valence-electron chi connectivity index (χ1n) is 8.19. The zero-order chi connectivity index (χ0) is 16.8. The van der Waals surface area contributed by atoms with Crippen molar-refractivity contribution in [2.45, 2.75) is 12.7 Å². The summed E-state index contributed by atoms with van der Waals surface area (Å²) in [5.41, 5.74) is 1.75. The Morgan fingerprint density at radius 3 is 2.71 bits per heavy atom. The summed E-state index contributed by atoms with van der Waals surface area (Å²) in [5.74, 6) is 0.762. The molecular formula is C18H22ClN3O2. The first-order chi connectivity index (χ1) is 11.7. The number of rotatable bonds is 6. The summed E-state index contributed by atoms with van der Waals surface area (Å²) in [4.78, 5) is 6.56. The number of hydrogen-bond donors (Lipinski definition) is 2. The Labute approximate surface area is 147 Å². The molecular weight excluding hydrogens is 326 g/mol. The predicted octanol–water partition coefficient (Wildman–Crippen LogP) is 2.39. The lowest BCUT2D eigenvalue weighted by atomic mass is 10.2. The monoisotopic (exact) mass is 347 g/mol. The molecule has 0 saturated carbocycles. The molecule has 2 heterocycles. The molecule has 6 heteroatoms. The van der Waals surface area contributed by atoms with Crippen molar-refractivity contribution < 1.29 is 9.84 Å². The number of pyridine rings is 1. The summed E-state index contributed by atoms with van der Waals surface area (Å²) < 4.78 is 5.51. The van der Waals surface area contributed by atoms with Gasteiger partial charge in [0.05, 0.1) is 11.6 Å². The van der Waals surface area contributed by atoms with Crippen LogP contribution in [0.4, 0.5) is 5.82 Å². The number of benzene rings is 1. The maximum atomic E-state index is 10.2. The van der Waals surface area contributed by atoms with Crippen LogP contribution in [-0.4, -0.2) is 42.9 Å². The Morgan fingerprint density at radius 1 is 1.25 bits per heavy atom. The van der Waals surface area contributed by atoms with Gasteiger partial charge in [-0.1, -0.05) is 41.9 Å². The zero-order valence-electron chi connectivity index (χ0n) is 13.5. The van der Waals surface area contributed by atoms with Crippen LogP contribution in [0.25, 0.3) is 0 Å². The number of piperazine rings is 1. The van der Waals surface area contributed by atoms with Gasteiger partial charge in [0.1, 0.15) is 5.82 Å². The van der Waals surface area contributed by atoms with E-state index in [1.807, 2.05) is 30.3 Å². The van der Waals surface area contributed by atoms with E-state index in [2.05, 4.69) is 15.2 Å². The molecule has 0 amide bonds. The van der Waals surface area contributed by atoms with Crippen molar-refractivity contribution in [3.63, 3.8) is 0 Å². The molecule has 0 aliphatic carbocycles. The number of nitrogens with one attached hydrogen (secondary N) is 1. The molecule has 0 bridgehead atoms. The lowest BCUT2D eigenvalue weighted by Crippen LogP contribution is -2.44. The van der Waals surface area contributed by atoms with E-state index >= 15 is 0 Å². The average molecular weight is 348 g/mol. The molecule has 1 aliphatic heterocycles. The fourth-order valence-corrected chi connectivity index (χ4v) is 3.01. The number of nitrogens with zero attached hydrogens (tertiary/aromatic N) is 2. The Morgan fingerprint density at radius 2 is 2.00 bits per heavy atom. The highest BCUT2D eigenvalue weighted by Gasteiger charge is 2.17. The van der Waals surface area contributed by atoms with Gasteiger partial charge in [-0.25, -0.2) is 4.98 Å². The highest BCUT2D eigenvalue weighted by atomic mass is 35.5. The normalized spacial score (nSPS) is 16.2. The second kappa shape index (κ2) is 8.44. The third-order valence-electron chi connectivity index (χ3n) is 4.05. The largest absolute Gasteiger partial charge is 0.364 e. The minimum atomic E-state index is -1.02. The van der Waals surface area contributed by atoms with Gasteiger partial charge in [0.25, 0.3) is 0 Å². The van der Waals surface area contributed by atoms with Gasteiger partial charge < -0.3 is 20.1 Å². The Bertz CT molecular complexity index is 648. The van der Waals surface area contributed by atoms with Crippen LogP contribution in [0.2, 0.25) is 5.02 Å². The summed E-state index contributed by atoms with van der Waals surface area (Å²) in [6.07, 6.45) is 1.37. The first-order valence-corrected chi connectivity index (χ1v) is 8.56. The fourth-order valence-electron chi connectivity index (χ4n) is 2.72. The summed E-state index contributed by atoms with van der Waals surface area (Å²) in [5, 5.41) is 14.0. The molecule has 1 aromatic heterocycles. The minimum absolute atomic E-state index is 0.433. The quantitative estimate of drug-likeness (QED) is 0.786.